The molecule has 0 amide bonds. The van der Waals surface area contributed by atoms with E-state index in [0.29, 0.717) is 16.8 Å². The zero-order valence-corrected chi connectivity index (χ0v) is 8.62. The van der Waals surface area contributed by atoms with Gasteiger partial charge in [0.1, 0.15) is 17.7 Å². The van der Waals surface area contributed by atoms with Crippen LogP contribution in [0.15, 0.2) is 0 Å². The van der Waals surface area contributed by atoms with Crippen LogP contribution in [-0.4, -0.2) is 34.9 Å². The molecule has 0 aliphatic carbocycles. The molecule has 76 valence electrons. The summed E-state index contributed by atoms with van der Waals surface area (Å²) in [5.74, 6) is 0.437. The van der Waals surface area contributed by atoms with Crippen LogP contribution in [0.25, 0.3) is 0 Å². The van der Waals surface area contributed by atoms with Gasteiger partial charge in [-0.1, -0.05) is 10.8 Å². The minimum Gasteiger partial charge on any atom is -0.450 e. The molecule has 0 radical (unpaired) electrons. The third-order valence-electron chi connectivity index (χ3n) is 0.573. The second-order valence-corrected chi connectivity index (χ2v) is 5.25. The van der Waals surface area contributed by atoms with Crippen LogP contribution in [0.5, 0.6) is 0 Å². The van der Waals surface area contributed by atoms with Crippen molar-refractivity contribution in [2.45, 2.75) is 0 Å². The molecule has 0 bridgehead atoms. The number of hydrogen-bond donors (Lipinski definition) is 2. The van der Waals surface area contributed by atoms with Crippen molar-refractivity contribution in [1.29, 1.82) is 0 Å². The maximum Gasteiger partial charge on any atom is 0.519 e. The molecule has 9 heteroatoms. The monoisotopic (exact) mass is 246 g/mol. The quantitative estimate of drug-likeness (QED) is 0.317. The van der Waals surface area contributed by atoms with E-state index in [9.17, 15) is 9.59 Å². The lowest BCUT2D eigenvalue weighted by atomic mass is 10.9. The van der Waals surface area contributed by atoms with Gasteiger partial charge in [-0.15, -0.1) is 0 Å². The van der Waals surface area contributed by atoms with Crippen LogP contribution < -0.4 is 0 Å². The van der Waals surface area contributed by atoms with E-state index < -0.39 is 12.3 Å². The maximum atomic E-state index is 9.83. The fourth-order valence-corrected chi connectivity index (χ4v) is 2.60. The third-order valence-corrected chi connectivity index (χ3v) is 3.79. The molecular weight excluding hydrogens is 240 g/mol. The molecule has 0 fully saturated rings. The molecule has 0 aliphatic rings. The van der Waals surface area contributed by atoms with Gasteiger partial charge in [-0.3, -0.25) is 0 Å². The summed E-state index contributed by atoms with van der Waals surface area (Å²) in [5.41, 5.74) is 0. The van der Waals surface area contributed by atoms with Crippen LogP contribution in [-0.2, 0) is 8.92 Å². The maximum absolute atomic E-state index is 9.83. The zero-order chi connectivity index (χ0) is 10.1. The van der Waals surface area contributed by atoms with Crippen LogP contribution in [0.3, 0.4) is 0 Å². The predicted molar refractivity (Wildman–Crippen MR) is 50.7 cm³/mol. The number of carbonyl (C=O) groups is 2. The van der Waals surface area contributed by atoms with Crippen LogP contribution in [0, 0.1) is 0 Å². The van der Waals surface area contributed by atoms with Gasteiger partial charge in [0.2, 0.25) is 0 Å². The smallest absolute Gasteiger partial charge is 0.450 e. The van der Waals surface area contributed by atoms with Crippen molar-refractivity contribution in [2.24, 2.45) is 0 Å². The molecule has 13 heavy (non-hydrogen) atoms. The molecular formula is C4H6O6S3. The van der Waals surface area contributed by atoms with E-state index in [2.05, 4.69) is 8.92 Å². The molecule has 0 aromatic carbocycles. The molecule has 0 aromatic rings. The highest BCUT2D eigenvalue weighted by Crippen LogP contribution is 2.34. The lowest BCUT2D eigenvalue weighted by Gasteiger charge is -1.98. The van der Waals surface area contributed by atoms with Crippen molar-refractivity contribution in [3.8, 4) is 0 Å². The van der Waals surface area contributed by atoms with Crippen molar-refractivity contribution < 1.29 is 28.7 Å². The van der Waals surface area contributed by atoms with Crippen LogP contribution >= 0.6 is 31.7 Å². The van der Waals surface area contributed by atoms with Gasteiger partial charge in [-0.05, 0) is 0 Å². The van der Waals surface area contributed by atoms with E-state index in [-0.39, 0.29) is 6.61 Å². The topological polar surface area (TPSA) is 93.1 Å². The van der Waals surface area contributed by atoms with Gasteiger partial charge in [-0.2, -0.15) is 0 Å². The lowest BCUT2D eigenvalue weighted by Crippen LogP contribution is -2.02. The average molecular weight is 246 g/mol. The molecule has 0 aromatic heterocycles. The predicted octanol–water partition coefficient (Wildman–Crippen LogP) is 2.32. The Morgan fingerprint density at radius 2 is 1.92 bits per heavy atom. The van der Waals surface area contributed by atoms with Crippen molar-refractivity contribution in [3.63, 3.8) is 0 Å². The largest absolute Gasteiger partial charge is 0.519 e. The number of rotatable bonds is 6. The first-order valence-corrected chi connectivity index (χ1v) is 6.42. The van der Waals surface area contributed by atoms with E-state index in [1.54, 1.807) is 0 Å². The SMILES string of the molecule is O=C(O)OCCSSSOC(=O)O. The molecule has 0 saturated heterocycles. The Morgan fingerprint density at radius 3 is 2.46 bits per heavy atom. The molecule has 0 heterocycles. The third kappa shape index (κ3) is 11.6. The summed E-state index contributed by atoms with van der Waals surface area (Å²) in [6, 6.07) is 0. The highest BCUT2D eigenvalue weighted by atomic mass is 33.5. The fraction of sp³-hybridized carbons (Fsp3) is 0.500. The highest BCUT2D eigenvalue weighted by molar-refractivity contribution is 9.08. The minimum atomic E-state index is -1.36. The standard InChI is InChI=1S/C4H6O6S3/c5-3(6)9-1-2-11-13-12-10-4(7)8/h1-2H2,(H,5,6)(H,7,8). The summed E-state index contributed by atoms with van der Waals surface area (Å²) >= 11 is 0.697. The van der Waals surface area contributed by atoms with E-state index in [0.717, 1.165) is 9.83 Å². The Morgan fingerprint density at radius 1 is 1.23 bits per heavy atom. The first-order valence-electron chi connectivity index (χ1n) is 2.84. The molecule has 0 saturated carbocycles. The van der Waals surface area contributed by atoms with Crippen molar-refractivity contribution >= 4 is 44.0 Å². The first kappa shape index (κ1) is 12.6. The lowest BCUT2D eigenvalue weighted by molar-refractivity contribution is 0.0975. The summed E-state index contributed by atoms with van der Waals surface area (Å²) in [4.78, 5) is 19.6. The molecule has 0 atom stereocenters. The molecule has 0 aliphatic heterocycles. The van der Waals surface area contributed by atoms with Crippen LogP contribution in [0.1, 0.15) is 0 Å². The highest BCUT2D eigenvalue weighted by Gasteiger charge is 2.00. The second-order valence-electron chi connectivity index (χ2n) is 1.42. The summed E-state index contributed by atoms with van der Waals surface area (Å²) in [6.07, 6.45) is -2.68. The molecule has 0 unspecified atom stereocenters. The Hall–Kier alpha value is -0.410. The summed E-state index contributed by atoms with van der Waals surface area (Å²) < 4.78 is 8.27. The number of hydrogen-bond acceptors (Lipinski definition) is 7. The number of carboxylic acid groups (broad SMARTS) is 2. The Kier molecular flexibility index (Phi) is 7.94. The second kappa shape index (κ2) is 8.20. The Balaban J connectivity index is 3.00. The van der Waals surface area contributed by atoms with Gasteiger partial charge in [0.05, 0.1) is 0 Å². The van der Waals surface area contributed by atoms with Gasteiger partial charge in [-0.25, -0.2) is 9.59 Å². The van der Waals surface area contributed by atoms with E-state index >= 15 is 0 Å². The van der Waals surface area contributed by atoms with Crippen molar-refractivity contribution in [3.05, 3.63) is 0 Å². The summed E-state index contributed by atoms with van der Waals surface area (Å²) in [7, 11) is 2.33. The van der Waals surface area contributed by atoms with Gasteiger partial charge in [0.15, 0.2) is 0 Å². The van der Waals surface area contributed by atoms with E-state index in [1.165, 1.54) is 10.8 Å². The van der Waals surface area contributed by atoms with Gasteiger partial charge < -0.3 is 19.1 Å². The van der Waals surface area contributed by atoms with E-state index in [4.69, 9.17) is 10.2 Å². The minimum absolute atomic E-state index is 0.0701. The summed E-state index contributed by atoms with van der Waals surface area (Å²) in [6.45, 7) is 0.0701. The van der Waals surface area contributed by atoms with Crippen molar-refractivity contribution in [1.82, 2.24) is 0 Å². The number of ether oxygens (including phenoxy) is 1. The van der Waals surface area contributed by atoms with Gasteiger partial charge >= 0.3 is 12.3 Å². The molecule has 0 rings (SSSR count). The Labute approximate surface area is 85.4 Å². The van der Waals surface area contributed by atoms with Crippen LogP contribution in [0.2, 0.25) is 0 Å². The zero-order valence-electron chi connectivity index (χ0n) is 6.17. The average Bonchev–Trinajstić information content (AvgIpc) is 2.01. The van der Waals surface area contributed by atoms with Gasteiger partial charge in [0, 0.05) is 15.6 Å². The summed E-state index contributed by atoms with van der Waals surface area (Å²) in [5, 5.41) is 16.1. The normalized spacial score (nSPS) is 9.23. The van der Waals surface area contributed by atoms with Crippen molar-refractivity contribution in [2.75, 3.05) is 12.4 Å². The van der Waals surface area contributed by atoms with E-state index in [1.807, 2.05) is 0 Å². The molecule has 6 nitrogen and oxygen atoms in total. The molecule has 2 N–H and O–H groups in total. The molecule has 0 spiro atoms. The first-order chi connectivity index (χ1) is 6.13. The Bertz CT molecular complexity index is 155. The van der Waals surface area contributed by atoms with Gasteiger partial charge in [0.25, 0.3) is 0 Å². The fourth-order valence-electron chi connectivity index (χ4n) is 0.260. The van der Waals surface area contributed by atoms with Crippen LogP contribution in [0.4, 0.5) is 9.59 Å².